The van der Waals surface area contributed by atoms with E-state index in [2.05, 4.69) is 245 Å². The highest BCUT2D eigenvalue weighted by atomic mass is 15.1. The Morgan fingerprint density at radius 1 is 0.279 bits per heavy atom. The van der Waals surface area contributed by atoms with E-state index in [9.17, 15) is 0 Å². The Balaban J connectivity index is 1.07. The molecule has 292 valence electrons. The molecule has 0 unspecified atom stereocenters. The van der Waals surface area contributed by atoms with E-state index in [1.54, 1.807) is 0 Å². The summed E-state index contributed by atoms with van der Waals surface area (Å²) in [6.07, 6.45) is 0. The Hall–Kier alpha value is -7.22. The van der Waals surface area contributed by atoms with Crippen LogP contribution in [0, 0.1) is 0 Å². The average Bonchev–Trinajstić information content (AvgIpc) is 3.69. The molecule has 0 spiro atoms. The lowest BCUT2D eigenvalue weighted by molar-refractivity contribution is 0.660. The molecule has 11 rings (SSSR count). The lowest BCUT2D eigenvalue weighted by atomic mass is 9.82. The number of rotatable bonds is 7. The van der Waals surface area contributed by atoms with Crippen molar-refractivity contribution in [3.8, 4) is 66.8 Å². The Bertz CT molecular complexity index is 3130. The van der Waals surface area contributed by atoms with Crippen molar-refractivity contribution in [2.75, 3.05) is 4.90 Å². The van der Waals surface area contributed by atoms with Crippen molar-refractivity contribution in [3.63, 3.8) is 0 Å². The lowest BCUT2D eigenvalue weighted by Crippen LogP contribution is -2.15. The molecule has 0 heterocycles. The van der Waals surface area contributed by atoms with E-state index in [4.69, 9.17) is 0 Å². The molecule has 2 aliphatic carbocycles. The molecule has 0 saturated carbocycles. The number of benzene rings is 9. The predicted octanol–water partition coefficient (Wildman–Crippen LogP) is 16.4. The fourth-order valence-electron chi connectivity index (χ4n) is 10.3. The van der Waals surface area contributed by atoms with E-state index in [0.717, 1.165) is 17.1 Å². The molecule has 0 radical (unpaired) electrons. The summed E-state index contributed by atoms with van der Waals surface area (Å²) >= 11 is 0. The van der Waals surface area contributed by atoms with Crippen molar-refractivity contribution in [2.24, 2.45) is 0 Å². The summed E-state index contributed by atoms with van der Waals surface area (Å²) in [7, 11) is 0. The maximum atomic E-state index is 2.46. The highest BCUT2D eigenvalue weighted by molar-refractivity contribution is 5.98. The Morgan fingerprint density at radius 2 is 0.754 bits per heavy atom. The Labute approximate surface area is 360 Å². The second kappa shape index (κ2) is 14.2. The minimum atomic E-state index is -0.0931. The normalized spacial score (nSPS) is 13.8. The van der Waals surface area contributed by atoms with Gasteiger partial charge in [-0.1, -0.05) is 198 Å². The number of fused-ring (bicyclic) bond motifs is 6. The number of anilines is 3. The molecule has 0 bridgehead atoms. The molecule has 2 aliphatic rings. The first-order chi connectivity index (χ1) is 29.8. The van der Waals surface area contributed by atoms with Gasteiger partial charge in [0.1, 0.15) is 0 Å². The van der Waals surface area contributed by atoms with E-state index in [-0.39, 0.29) is 10.8 Å². The van der Waals surface area contributed by atoms with Crippen LogP contribution in [0.15, 0.2) is 212 Å². The van der Waals surface area contributed by atoms with Crippen molar-refractivity contribution in [3.05, 3.63) is 235 Å². The molecule has 61 heavy (non-hydrogen) atoms. The fourth-order valence-corrected chi connectivity index (χ4v) is 10.3. The molecule has 0 amide bonds. The lowest BCUT2D eigenvalue weighted by Gasteiger charge is -2.29. The fraction of sp³-hybridized carbons (Fsp3) is 0.100. The maximum absolute atomic E-state index is 2.46. The quantitative estimate of drug-likeness (QED) is 0.156. The number of hydrogen-bond acceptors (Lipinski definition) is 1. The van der Waals surface area contributed by atoms with Crippen LogP contribution < -0.4 is 4.90 Å². The van der Waals surface area contributed by atoms with Crippen molar-refractivity contribution in [1.82, 2.24) is 0 Å². The summed E-state index contributed by atoms with van der Waals surface area (Å²) in [5.74, 6) is 0. The molecule has 9 aromatic carbocycles. The van der Waals surface area contributed by atoms with Crippen LogP contribution in [0.5, 0.6) is 0 Å². The molecule has 1 heteroatoms. The highest BCUT2D eigenvalue weighted by Gasteiger charge is 2.37. The summed E-state index contributed by atoms with van der Waals surface area (Å²) in [5.41, 5.74) is 23.8. The average molecular weight is 782 g/mol. The van der Waals surface area contributed by atoms with Crippen LogP contribution in [-0.4, -0.2) is 0 Å². The molecular formula is C60H47N. The molecule has 0 aromatic heterocycles. The van der Waals surface area contributed by atoms with E-state index in [1.165, 1.54) is 89.0 Å². The Kier molecular flexibility index (Phi) is 8.58. The molecule has 0 saturated heterocycles. The van der Waals surface area contributed by atoms with E-state index in [0.29, 0.717) is 0 Å². The second-order valence-electron chi connectivity index (χ2n) is 17.7. The van der Waals surface area contributed by atoms with Gasteiger partial charge in [-0.15, -0.1) is 0 Å². The van der Waals surface area contributed by atoms with Gasteiger partial charge in [0.25, 0.3) is 0 Å². The van der Waals surface area contributed by atoms with Gasteiger partial charge in [-0.25, -0.2) is 0 Å². The SMILES string of the molecule is CC1(C)c2ccccc2-c2cc(-c3cccc(N(c4ccc(-c5cccc(-c6ccccc6)c5)cc4)c4ccccc4-c4cccc5c4-c4ccccc4C5(C)C)c3)ccc21. The summed E-state index contributed by atoms with van der Waals surface area (Å²) in [5, 5.41) is 0. The van der Waals surface area contributed by atoms with Crippen LogP contribution in [0.1, 0.15) is 49.9 Å². The molecule has 9 aromatic rings. The molecular weight excluding hydrogens is 735 g/mol. The first kappa shape index (κ1) is 36.8. The van der Waals surface area contributed by atoms with Crippen LogP contribution in [0.2, 0.25) is 0 Å². The standard InChI is InChI=1S/C60H47N/c1-59(2)53-27-11-8-23-48(53)52-39-45(33-36-55(52)59)44-21-15-22-47(38-44)61(46-34-31-41(32-35-46)43-20-14-19-42(37-43)40-17-6-5-7-18-40)57-30-13-10-24-49(57)50-26-16-29-56-58(50)51-25-9-12-28-54(51)60(56,3)4/h5-39H,1-4H3. The van der Waals surface area contributed by atoms with E-state index < -0.39 is 0 Å². The van der Waals surface area contributed by atoms with Crippen molar-refractivity contribution < 1.29 is 0 Å². The topological polar surface area (TPSA) is 3.24 Å². The zero-order chi connectivity index (χ0) is 41.3. The molecule has 0 N–H and O–H groups in total. The van der Waals surface area contributed by atoms with Gasteiger partial charge in [-0.3, -0.25) is 0 Å². The van der Waals surface area contributed by atoms with Gasteiger partial charge < -0.3 is 4.90 Å². The van der Waals surface area contributed by atoms with Crippen LogP contribution in [0.25, 0.3) is 66.8 Å². The maximum Gasteiger partial charge on any atom is 0.0540 e. The monoisotopic (exact) mass is 781 g/mol. The van der Waals surface area contributed by atoms with Gasteiger partial charge in [-0.05, 0) is 126 Å². The van der Waals surface area contributed by atoms with Crippen LogP contribution in [0.3, 0.4) is 0 Å². The third-order valence-corrected chi connectivity index (χ3v) is 13.5. The van der Waals surface area contributed by atoms with Crippen molar-refractivity contribution >= 4 is 17.1 Å². The summed E-state index contributed by atoms with van der Waals surface area (Å²) in [6, 6.07) is 78.5. The Morgan fingerprint density at radius 3 is 1.51 bits per heavy atom. The summed E-state index contributed by atoms with van der Waals surface area (Å²) in [6.45, 7) is 9.42. The number of nitrogens with zero attached hydrogens (tertiary/aromatic N) is 1. The smallest absolute Gasteiger partial charge is 0.0540 e. The zero-order valence-electron chi connectivity index (χ0n) is 35.2. The first-order valence-corrected chi connectivity index (χ1v) is 21.5. The molecule has 1 nitrogen and oxygen atoms in total. The third-order valence-electron chi connectivity index (χ3n) is 13.5. The van der Waals surface area contributed by atoms with Crippen LogP contribution in [0.4, 0.5) is 17.1 Å². The van der Waals surface area contributed by atoms with E-state index in [1.807, 2.05) is 0 Å². The first-order valence-electron chi connectivity index (χ1n) is 21.5. The summed E-state index contributed by atoms with van der Waals surface area (Å²) < 4.78 is 0. The molecule has 0 aliphatic heterocycles. The highest BCUT2D eigenvalue weighted by Crippen LogP contribution is 2.54. The minimum absolute atomic E-state index is 0.0326. The predicted molar refractivity (Wildman–Crippen MR) is 258 cm³/mol. The molecule has 0 atom stereocenters. The molecule has 0 fully saturated rings. The number of hydrogen-bond donors (Lipinski definition) is 0. The van der Waals surface area contributed by atoms with Gasteiger partial charge in [0.05, 0.1) is 5.69 Å². The van der Waals surface area contributed by atoms with Gasteiger partial charge >= 0.3 is 0 Å². The zero-order valence-corrected chi connectivity index (χ0v) is 35.2. The number of para-hydroxylation sites is 1. The van der Waals surface area contributed by atoms with Gasteiger partial charge in [0, 0.05) is 27.8 Å². The summed E-state index contributed by atoms with van der Waals surface area (Å²) in [4.78, 5) is 2.46. The second-order valence-corrected chi connectivity index (χ2v) is 17.7. The van der Waals surface area contributed by atoms with Crippen molar-refractivity contribution in [2.45, 2.75) is 38.5 Å². The largest absolute Gasteiger partial charge is 0.310 e. The van der Waals surface area contributed by atoms with Gasteiger partial charge in [0.2, 0.25) is 0 Å². The third kappa shape index (κ3) is 5.99. The van der Waals surface area contributed by atoms with Gasteiger partial charge in [-0.2, -0.15) is 0 Å². The van der Waals surface area contributed by atoms with Crippen LogP contribution >= 0.6 is 0 Å². The van der Waals surface area contributed by atoms with Crippen LogP contribution in [-0.2, 0) is 10.8 Å². The minimum Gasteiger partial charge on any atom is -0.310 e. The van der Waals surface area contributed by atoms with E-state index >= 15 is 0 Å². The van der Waals surface area contributed by atoms with Gasteiger partial charge in [0.15, 0.2) is 0 Å². The van der Waals surface area contributed by atoms with Crippen molar-refractivity contribution in [1.29, 1.82) is 0 Å².